The van der Waals surface area contributed by atoms with Gasteiger partial charge in [-0.05, 0) is 41.5 Å². The largest absolute Gasteiger partial charge is 0.493 e. The lowest BCUT2D eigenvalue weighted by Gasteiger charge is -2.10. The number of aliphatic carboxylic acids is 1. The third-order valence-corrected chi connectivity index (χ3v) is 3.15. The molecule has 23 heavy (non-hydrogen) atoms. The first kappa shape index (κ1) is 16.4. The molecule has 5 nitrogen and oxygen atoms in total. The van der Waals surface area contributed by atoms with Crippen molar-refractivity contribution in [3.05, 3.63) is 59.7 Å². The molecule has 0 saturated carbocycles. The quantitative estimate of drug-likeness (QED) is 0.794. The van der Waals surface area contributed by atoms with Crippen molar-refractivity contribution < 1.29 is 24.1 Å². The van der Waals surface area contributed by atoms with E-state index in [0.29, 0.717) is 23.9 Å². The summed E-state index contributed by atoms with van der Waals surface area (Å²) in [5, 5.41) is 8.59. The Morgan fingerprint density at radius 1 is 1.04 bits per heavy atom. The number of carboxylic acids is 1. The number of rotatable bonds is 7. The first-order chi connectivity index (χ1) is 11.1. The lowest BCUT2D eigenvalue weighted by molar-refractivity contribution is -0.131. The van der Waals surface area contributed by atoms with Crippen LogP contribution in [0.4, 0.5) is 0 Å². The number of methoxy groups -OCH3 is 2. The van der Waals surface area contributed by atoms with E-state index < -0.39 is 5.97 Å². The minimum absolute atomic E-state index is 0.394. The highest BCUT2D eigenvalue weighted by Crippen LogP contribution is 2.28. The Morgan fingerprint density at radius 3 is 2.35 bits per heavy atom. The summed E-state index contributed by atoms with van der Waals surface area (Å²) < 4.78 is 16.2. The molecule has 0 aliphatic carbocycles. The number of benzene rings is 2. The molecule has 0 aliphatic rings. The molecule has 0 spiro atoms. The minimum atomic E-state index is -0.973. The van der Waals surface area contributed by atoms with Gasteiger partial charge in [0.25, 0.3) is 0 Å². The molecule has 1 N–H and O–H groups in total. The van der Waals surface area contributed by atoms with Crippen LogP contribution in [-0.4, -0.2) is 25.3 Å². The van der Waals surface area contributed by atoms with E-state index in [-0.39, 0.29) is 0 Å². The van der Waals surface area contributed by atoms with Gasteiger partial charge in [-0.15, -0.1) is 0 Å². The average Bonchev–Trinajstić information content (AvgIpc) is 2.58. The van der Waals surface area contributed by atoms with Gasteiger partial charge in [-0.1, -0.05) is 18.2 Å². The Balaban J connectivity index is 1.99. The molecule has 0 radical (unpaired) electrons. The van der Waals surface area contributed by atoms with Crippen LogP contribution in [0.25, 0.3) is 6.08 Å². The van der Waals surface area contributed by atoms with Gasteiger partial charge >= 0.3 is 5.97 Å². The summed E-state index contributed by atoms with van der Waals surface area (Å²) in [7, 11) is 3.18. The summed E-state index contributed by atoms with van der Waals surface area (Å²) in [4.78, 5) is 10.5. The smallest absolute Gasteiger partial charge is 0.328 e. The van der Waals surface area contributed by atoms with E-state index in [1.54, 1.807) is 38.5 Å². The van der Waals surface area contributed by atoms with Gasteiger partial charge in [0.05, 0.1) is 14.2 Å². The van der Waals surface area contributed by atoms with Gasteiger partial charge in [0.15, 0.2) is 11.5 Å². The molecule has 120 valence electrons. The maximum atomic E-state index is 10.5. The van der Waals surface area contributed by atoms with E-state index in [1.807, 2.05) is 18.2 Å². The Bertz CT molecular complexity index is 689. The van der Waals surface area contributed by atoms with Crippen molar-refractivity contribution in [2.45, 2.75) is 6.61 Å². The van der Waals surface area contributed by atoms with E-state index in [2.05, 4.69) is 0 Å². The average molecular weight is 314 g/mol. The van der Waals surface area contributed by atoms with Crippen LogP contribution in [0.5, 0.6) is 17.2 Å². The lowest BCUT2D eigenvalue weighted by atomic mass is 10.2. The predicted molar refractivity (Wildman–Crippen MR) is 87.0 cm³/mol. The molecule has 0 bridgehead atoms. The van der Waals surface area contributed by atoms with E-state index in [1.165, 1.54) is 6.08 Å². The standard InChI is InChI=1S/C18H18O5/c1-21-16-9-5-14(11-17(16)22-2)12-23-15-7-3-13(4-8-15)6-10-18(19)20/h3-11H,12H2,1-2H3,(H,19,20). The zero-order chi connectivity index (χ0) is 16.7. The Labute approximate surface area is 134 Å². The molecule has 0 aliphatic heterocycles. The molecule has 0 saturated heterocycles. The fourth-order valence-corrected chi connectivity index (χ4v) is 1.98. The normalized spacial score (nSPS) is 10.5. The second-order valence-electron chi connectivity index (χ2n) is 4.72. The van der Waals surface area contributed by atoms with Crippen LogP contribution < -0.4 is 14.2 Å². The van der Waals surface area contributed by atoms with E-state index in [0.717, 1.165) is 17.2 Å². The zero-order valence-electron chi connectivity index (χ0n) is 13.0. The Hall–Kier alpha value is -2.95. The van der Waals surface area contributed by atoms with Crippen molar-refractivity contribution in [2.24, 2.45) is 0 Å². The fourth-order valence-electron chi connectivity index (χ4n) is 1.98. The number of carboxylic acid groups (broad SMARTS) is 1. The first-order valence-electron chi connectivity index (χ1n) is 6.97. The monoisotopic (exact) mass is 314 g/mol. The molecule has 0 amide bonds. The van der Waals surface area contributed by atoms with Crippen molar-refractivity contribution in [1.29, 1.82) is 0 Å². The lowest BCUT2D eigenvalue weighted by Crippen LogP contribution is -1.97. The van der Waals surface area contributed by atoms with Crippen molar-refractivity contribution in [1.82, 2.24) is 0 Å². The van der Waals surface area contributed by atoms with Gasteiger partial charge in [0.2, 0.25) is 0 Å². The summed E-state index contributed by atoms with van der Waals surface area (Å²) in [6.07, 6.45) is 2.62. The maximum Gasteiger partial charge on any atom is 0.328 e. The predicted octanol–water partition coefficient (Wildman–Crippen LogP) is 3.38. The van der Waals surface area contributed by atoms with Crippen LogP contribution in [-0.2, 0) is 11.4 Å². The molecule has 2 aromatic carbocycles. The van der Waals surface area contributed by atoms with Gasteiger partial charge in [0, 0.05) is 6.08 Å². The molecule has 2 rings (SSSR count). The van der Waals surface area contributed by atoms with Crippen molar-refractivity contribution in [3.63, 3.8) is 0 Å². The van der Waals surface area contributed by atoms with Gasteiger partial charge < -0.3 is 19.3 Å². The van der Waals surface area contributed by atoms with Crippen LogP contribution in [0.2, 0.25) is 0 Å². The van der Waals surface area contributed by atoms with Gasteiger partial charge in [0.1, 0.15) is 12.4 Å². The van der Waals surface area contributed by atoms with Gasteiger partial charge in [-0.3, -0.25) is 0 Å². The number of hydrogen-bond acceptors (Lipinski definition) is 4. The van der Waals surface area contributed by atoms with E-state index >= 15 is 0 Å². The summed E-state index contributed by atoms with van der Waals surface area (Å²) in [5.41, 5.74) is 1.75. The van der Waals surface area contributed by atoms with Crippen molar-refractivity contribution in [3.8, 4) is 17.2 Å². The molecule has 2 aromatic rings. The van der Waals surface area contributed by atoms with E-state index in [9.17, 15) is 4.79 Å². The van der Waals surface area contributed by atoms with Crippen molar-refractivity contribution in [2.75, 3.05) is 14.2 Å². The summed E-state index contributed by atoms with van der Waals surface area (Å²) in [6, 6.07) is 12.8. The van der Waals surface area contributed by atoms with Crippen LogP contribution in [0.1, 0.15) is 11.1 Å². The maximum absolute atomic E-state index is 10.5. The van der Waals surface area contributed by atoms with Crippen LogP contribution >= 0.6 is 0 Å². The summed E-state index contributed by atoms with van der Waals surface area (Å²) >= 11 is 0. The van der Waals surface area contributed by atoms with Crippen LogP contribution in [0.3, 0.4) is 0 Å². The molecule has 0 unspecified atom stereocenters. The minimum Gasteiger partial charge on any atom is -0.493 e. The third kappa shape index (κ3) is 4.78. The SMILES string of the molecule is COc1ccc(COc2ccc(C=CC(=O)O)cc2)cc1OC. The molecule has 5 heteroatoms. The molecular weight excluding hydrogens is 296 g/mol. The van der Waals surface area contributed by atoms with Crippen LogP contribution in [0, 0.1) is 0 Å². The zero-order valence-corrected chi connectivity index (χ0v) is 13.0. The topological polar surface area (TPSA) is 65.0 Å². The molecular formula is C18H18O5. The highest BCUT2D eigenvalue weighted by molar-refractivity contribution is 5.85. The molecule has 0 atom stereocenters. The Kier molecular flexibility index (Phi) is 5.63. The number of ether oxygens (including phenoxy) is 3. The van der Waals surface area contributed by atoms with Crippen molar-refractivity contribution >= 4 is 12.0 Å². The summed E-state index contributed by atoms with van der Waals surface area (Å²) in [6.45, 7) is 0.394. The first-order valence-corrected chi connectivity index (χ1v) is 6.97. The number of carbonyl (C=O) groups is 1. The van der Waals surface area contributed by atoms with Crippen LogP contribution in [0.15, 0.2) is 48.5 Å². The number of hydrogen-bond donors (Lipinski definition) is 1. The molecule has 0 fully saturated rings. The highest BCUT2D eigenvalue weighted by Gasteiger charge is 2.05. The highest BCUT2D eigenvalue weighted by atomic mass is 16.5. The summed E-state index contributed by atoms with van der Waals surface area (Å²) in [5.74, 6) is 1.06. The van der Waals surface area contributed by atoms with Gasteiger partial charge in [-0.25, -0.2) is 4.79 Å². The third-order valence-electron chi connectivity index (χ3n) is 3.15. The van der Waals surface area contributed by atoms with Gasteiger partial charge in [-0.2, -0.15) is 0 Å². The fraction of sp³-hybridized carbons (Fsp3) is 0.167. The second kappa shape index (κ2) is 7.89. The second-order valence-corrected chi connectivity index (χ2v) is 4.72. The van der Waals surface area contributed by atoms with E-state index in [4.69, 9.17) is 19.3 Å². The Morgan fingerprint density at radius 2 is 1.74 bits per heavy atom. The molecule has 0 aromatic heterocycles. The molecule has 0 heterocycles.